The number of rotatable bonds is 8. The van der Waals surface area contributed by atoms with Gasteiger partial charge in [-0.15, -0.1) is 0 Å². The molecule has 0 heterocycles. The van der Waals surface area contributed by atoms with Crippen LogP contribution in [-0.2, 0) is 10.1 Å². The Labute approximate surface area is 201 Å². The summed E-state index contributed by atoms with van der Waals surface area (Å²) < 4.78 is 247. The van der Waals surface area contributed by atoms with Crippen LogP contribution >= 0.6 is 0 Å². The molecule has 182 valence electrons. The minimum Gasteiger partial charge on any atom is -0.743 e. The summed E-state index contributed by atoms with van der Waals surface area (Å²) in [5.41, 5.74) is 0. The van der Waals surface area contributed by atoms with Crippen molar-refractivity contribution in [2.75, 3.05) is 0 Å². The van der Waals surface area contributed by atoms with Gasteiger partial charge in [0.25, 0.3) is 0 Å². The third kappa shape index (κ3) is 5.07. The Morgan fingerprint density at radius 3 is 1.03 bits per heavy atom. The van der Waals surface area contributed by atoms with Gasteiger partial charge in [-0.05, 0) is 0 Å². The molecular formula is C9H2F17KO3S. The quantitative estimate of drug-likeness (QED) is 0.263. The minimum atomic E-state index is -8.78. The molecule has 0 saturated carbocycles. The van der Waals surface area contributed by atoms with Crippen molar-refractivity contribution in [2.24, 2.45) is 0 Å². The first-order valence-corrected chi connectivity index (χ1v) is 7.53. The van der Waals surface area contributed by atoms with Gasteiger partial charge < -0.3 is 4.55 Å². The third-order valence-corrected chi connectivity index (χ3v) is 4.02. The van der Waals surface area contributed by atoms with Crippen LogP contribution in [0.1, 0.15) is 6.42 Å². The molecule has 0 aliphatic carbocycles. The molecule has 0 aromatic carbocycles. The second-order valence-electron chi connectivity index (χ2n) is 5.34. The maximum absolute atomic E-state index is 13.1. The largest absolute Gasteiger partial charge is 1.00 e. The number of alkyl halides is 17. The molecule has 22 heteroatoms. The average Bonchev–Trinajstić information content (AvgIpc) is 2.41. The fourth-order valence-electron chi connectivity index (χ4n) is 1.52. The van der Waals surface area contributed by atoms with Crippen LogP contribution in [0.4, 0.5) is 74.6 Å². The molecule has 0 amide bonds. The van der Waals surface area contributed by atoms with Crippen LogP contribution in [0.2, 0.25) is 0 Å². The maximum atomic E-state index is 13.1. The fraction of sp³-hybridized carbons (Fsp3) is 1.00. The topological polar surface area (TPSA) is 57.2 Å². The van der Waals surface area contributed by atoms with E-state index in [1.165, 1.54) is 0 Å². The Kier molecular flexibility index (Phi) is 9.23. The van der Waals surface area contributed by atoms with E-state index in [2.05, 4.69) is 0 Å². The number of hydrogen-bond donors (Lipinski definition) is 0. The molecule has 0 saturated heterocycles. The van der Waals surface area contributed by atoms with Crippen molar-refractivity contribution < 1.29 is 139 Å². The molecule has 0 aromatic rings. The summed E-state index contributed by atoms with van der Waals surface area (Å²) in [6.07, 6.45) is -11.0. The zero-order chi connectivity index (χ0) is 25.2. The first-order valence-electron chi connectivity index (χ1n) is 6.12. The molecule has 0 radical (unpaired) electrons. The first kappa shape index (κ1) is 33.5. The van der Waals surface area contributed by atoms with Crippen LogP contribution in [0.25, 0.3) is 0 Å². The van der Waals surface area contributed by atoms with E-state index in [0.717, 1.165) is 0 Å². The molecule has 0 aliphatic rings. The van der Waals surface area contributed by atoms with Crippen LogP contribution in [0, 0.1) is 0 Å². The van der Waals surface area contributed by atoms with E-state index >= 15 is 0 Å². The molecule has 0 N–H and O–H groups in total. The SMILES string of the molecule is O=S(=O)([O-])C(F)(F)C(F)(F)C(F)(F)C(F)(F)C(F)(F)C(F)(F)C(F)(F)CC(F)(F)F.[K+]. The second-order valence-corrected chi connectivity index (χ2v) is 6.76. The number of hydrogen-bond acceptors (Lipinski definition) is 3. The Morgan fingerprint density at radius 2 is 0.774 bits per heavy atom. The van der Waals surface area contributed by atoms with Crippen molar-refractivity contribution >= 4 is 10.1 Å². The maximum Gasteiger partial charge on any atom is 1.00 e. The van der Waals surface area contributed by atoms with E-state index < -0.39 is 63.5 Å². The summed E-state index contributed by atoms with van der Waals surface area (Å²) in [6, 6.07) is 0. The van der Waals surface area contributed by atoms with Crippen molar-refractivity contribution in [2.45, 2.75) is 53.4 Å². The van der Waals surface area contributed by atoms with Gasteiger partial charge in [0, 0.05) is 0 Å². The molecule has 0 bridgehead atoms. The van der Waals surface area contributed by atoms with E-state index in [9.17, 15) is 87.6 Å². The second kappa shape index (κ2) is 8.54. The number of halogens is 17. The standard InChI is InChI=1S/C9H3F17O3S.K/c10-2(11,1-3(12,13)14)4(15,16)5(17,18)6(19,20)7(21,22)8(23,24)9(25,26)30(27,28)29;/h1H2,(H,27,28,29);/q;+1/p-1. The normalized spacial score (nSPS) is 16.2. The summed E-state index contributed by atoms with van der Waals surface area (Å²) in [5.74, 6) is -50.3. The summed E-state index contributed by atoms with van der Waals surface area (Å²) in [6.45, 7) is 0. The van der Waals surface area contributed by atoms with Gasteiger partial charge in [-0.3, -0.25) is 0 Å². The molecule has 0 rings (SSSR count). The van der Waals surface area contributed by atoms with Gasteiger partial charge in [-0.1, -0.05) is 0 Å². The van der Waals surface area contributed by atoms with Gasteiger partial charge in [-0.25, -0.2) is 8.42 Å². The smallest absolute Gasteiger partial charge is 0.743 e. The molecule has 0 unspecified atom stereocenters. The van der Waals surface area contributed by atoms with E-state index in [4.69, 9.17) is 0 Å². The zero-order valence-electron chi connectivity index (χ0n) is 13.8. The molecule has 31 heavy (non-hydrogen) atoms. The van der Waals surface area contributed by atoms with E-state index in [1.54, 1.807) is 0 Å². The van der Waals surface area contributed by atoms with Gasteiger partial charge in [0.1, 0.15) is 6.42 Å². The summed E-state index contributed by atoms with van der Waals surface area (Å²) in [5, 5.41) is -7.91. The van der Waals surface area contributed by atoms with E-state index in [0.29, 0.717) is 0 Å². The first-order chi connectivity index (χ1) is 12.5. The van der Waals surface area contributed by atoms with Gasteiger partial charge in [0.05, 0.1) is 0 Å². The van der Waals surface area contributed by atoms with Gasteiger partial charge in [-0.2, -0.15) is 74.6 Å². The van der Waals surface area contributed by atoms with Crippen molar-refractivity contribution in [3.63, 3.8) is 0 Å². The van der Waals surface area contributed by atoms with Crippen LogP contribution in [0.3, 0.4) is 0 Å². The van der Waals surface area contributed by atoms with Gasteiger partial charge in [0.15, 0.2) is 10.1 Å². The average molecular weight is 552 g/mol. The predicted octanol–water partition coefficient (Wildman–Crippen LogP) is 1.89. The molecule has 0 aliphatic heterocycles. The Hall–Kier alpha value is 0.356. The third-order valence-electron chi connectivity index (χ3n) is 3.14. The predicted molar refractivity (Wildman–Crippen MR) is 55.0 cm³/mol. The fourth-order valence-corrected chi connectivity index (χ4v) is 1.97. The molecule has 0 atom stereocenters. The zero-order valence-corrected chi connectivity index (χ0v) is 17.7. The summed E-state index contributed by atoms with van der Waals surface area (Å²) in [7, 11) is -8.11. The van der Waals surface area contributed by atoms with Gasteiger partial charge in [0.2, 0.25) is 0 Å². The van der Waals surface area contributed by atoms with Crippen molar-refractivity contribution in [1.29, 1.82) is 0 Å². The van der Waals surface area contributed by atoms with Crippen molar-refractivity contribution in [3.05, 3.63) is 0 Å². The molecule has 3 nitrogen and oxygen atoms in total. The van der Waals surface area contributed by atoms with Crippen LogP contribution in [0.5, 0.6) is 0 Å². The van der Waals surface area contributed by atoms with E-state index in [1.807, 2.05) is 0 Å². The Balaban J connectivity index is 0. The van der Waals surface area contributed by atoms with Crippen LogP contribution in [0.15, 0.2) is 0 Å². The van der Waals surface area contributed by atoms with E-state index in [-0.39, 0.29) is 51.4 Å². The Bertz CT molecular complexity index is 755. The van der Waals surface area contributed by atoms with Gasteiger partial charge >= 0.3 is 98.4 Å². The molecule has 0 aromatic heterocycles. The summed E-state index contributed by atoms with van der Waals surface area (Å²) >= 11 is 0. The molecular weight excluding hydrogens is 550 g/mol. The Morgan fingerprint density at radius 1 is 0.516 bits per heavy atom. The van der Waals surface area contributed by atoms with Crippen molar-refractivity contribution in [1.82, 2.24) is 0 Å². The summed E-state index contributed by atoms with van der Waals surface area (Å²) in [4.78, 5) is 0. The van der Waals surface area contributed by atoms with Crippen LogP contribution in [-0.4, -0.2) is 59.9 Å². The minimum absolute atomic E-state index is 0. The molecule has 0 fully saturated rings. The van der Waals surface area contributed by atoms with Crippen molar-refractivity contribution in [3.8, 4) is 0 Å². The van der Waals surface area contributed by atoms with Crippen LogP contribution < -0.4 is 51.4 Å². The monoisotopic (exact) mass is 552 g/mol. The molecule has 0 spiro atoms.